The third kappa shape index (κ3) is 1.93. The van der Waals surface area contributed by atoms with Crippen LogP contribution in [-0.4, -0.2) is 34.7 Å². The van der Waals surface area contributed by atoms with E-state index in [4.69, 9.17) is 4.74 Å². The van der Waals surface area contributed by atoms with Gasteiger partial charge in [0.15, 0.2) is 0 Å². The van der Waals surface area contributed by atoms with Gasteiger partial charge in [-0.05, 0) is 37.9 Å². The summed E-state index contributed by atoms with van der Waals surface area (Å²) in [4.78, 5) is 2.53. The minimum absolute atomic E-state index is 0.300. The van der Waals surface area contributed by atoms with Crippen LogP contribution in [0.4, 0.5) is 4.39 Å². The first-order valence-electron chi connectivity index (χ1n) is 7.56. The number of hydrogen-bond acceptors (Lipinski definition) is 3. The van der Waals surface area contributed by atoms with E-state index in [1.54, 1.807) is 6.07 Å². The number of fused-ring (bicyclic) bond motifs is 2. The summed E-state index contributed by atoms with van der Waals surface area (Å²) in [5, 5.41) is 10.4. The molecule has 2 unspecified atom stereocenters. The Labute approximate surface area is 118 Å². The van der Waals surface area contributed by atoms with Crippen molar-refractivity contribution in [3.8, 4) is 5.75 Å². The van der Waals surface area contributed by atoms with E-state index in [-0.39, 0.29) is 11.4 Å². The van der Waals surface area contributed by atoms with E-state index in [2.05, 4.69) is 4.90 Å². The maximum Gasteiger partial charge on any atom is 0.128 e. The van der Waals surface area contributed by atoms with Gasteiger partial charge in [-0.1, -0.05) is 0 Å². The van der Waals surface area contributed by atoms with Crippen LogP contribution in [0, 0.1) is 5.82 Å². The largest absolute Gasteiger partial charge is 0.487 e. The van der Waals surface area contributed by atoms with Crippen LogP contribution < -0.4 is 4.74 Å². The number of piperidine rings is 1. The van der Waals surface area contributed by atoms with Gasteiger partial charge in [0.05, 0.1) is 6.10 Å². The Morgan fingerprint density at radius 3 is 3.10 bits per heavy atom. The number of ether oxygens (including phenoxy) is 1. The van der Waals surface area contributed by atoms with Gasteiger partial charge in [-0.15, -0.1) is 0 Å². The topological polar surface area (TPSA) is 32.7 Å². The van der Waals surface area contributed by atoms with Crippen LogP contribution in [0.3, 0.4) is 0 Å². The van der Waals surface area contributed by atoms with Crippen molar-refractivity contribution >= 4 is 0 Å². The fourth-order valence-electron chi connectivity index (χ4n) is 4.19. The molecule has 0 radical (unpaired) electrons. The standard InChI is InChI=1S/C16H20FNO2/c17-11-3-4-13-14(19)10-16(20-15(13)8-11)5-7-18-6-1-2-12(18)9-16/h3-4,8,12,14,19H,1-2,5-7,9-10H2/t12?,14-,16?/m1/s1. The maximum absolute atomic E-state index is 13.4. The summed E-state index contributed by atoms with van der Waals surface area (Å²) in [5.74, 6) is 0.237. The summed E-state index contributed by atoms with van der Waals surface area (Å²) in [6, 6.07) is 5.03. The lowest BCUT2D eigenvalue weighted by atomic mass is 9.79. The van der Waals surface area contributed by atoms with E-state index in [1.807, 2.05) is 0 Å². The third-order valence-electron chi connectivity index (χ3n) is 5.19. The highest BCUT2D eigenvalue weighted by atomic mass is 19.1. The zero-order chi connectivity index (χ0) is 13.7. The molecule has 2 saturated heterocycles. The maximum atomic E-state index is 13.4. The Kier molecular flexibility index (Phi) is 2.79. The molecule has 1 N–H and O–H groups in total. The fraction of sp³-hybridized carbons (Fsp3) is 0.625. The second kappa shape index (κ2) is 4.43. The van der Waals surface area contributed by atoms with Crippen molar-refractivity contribution in [1.82, 2.24) is 4.90 Å². The monoisotopic (exact) mass is 277 g/mol. The molecular formula is C16H20FNO2. The van der Waals surface area contributed by atoms with Crippen molar-refractivity contribution < 1.29 is 14.2 Å². The lowest BCUT2D eigenvalue weighted by molar-refractivity contribution is -0.0647. The number of aliphatic hydroxyl groups excluding tert-OH is 1. The zero-order valence-corrected chi connectivity index (χ0v) is 11.5. The summed E-state index contributed by atoms with van der Waals surface area (Å²) < 4.78 is 19.6. The molecule has 3 aliphatic rings. The average molecular weight is 277 g/mol. The lowest BCUT2D eigenvalue weighted by Gasteiger charge is -2.47. The van der Waals surface area contributed by atoms with Crippen molar-refractivity contribution in [2.75, 3.05) is 13.1 Å². The van der Waals surface area contributed by atoms with Crippen LogP contribution in [0.15, 0.2) is 18.2 Å². The second-order valence-electron chi connectivity index (χ2n) is 6.47. The molecule has 4 heteroatoms. The molecule has 0 amide bonds. The molecule has 0 aromatic heterocycles. The van der Waals surface area contributed by atoms with Gasteiger partial charge >= 0.3 is 0 Å². The highest BCUT2D eigenvalue weighted by Gasteiger charge is 2.47. The molecule has 2 fully saturated rings. The summed E-state index contributed by atoms with van der Waals surface area (Å²) >= 11 is 0. The van der Waals surface area contributed by atoms with Crippen LogP contribution >= 0.6 is 0 Å². The molecule has 3 heterocycles. The Morgan fingerprint density at radius 1 is 1.30 bits per heavy atom. The smallest absolute Gasteiger partial charge is 0.128 e. The minimum Gasteiger partial charge on any atom is -0.487 e. The Hall–Kier alpha value is -1.13. The second-order valence-corrected chi connectivity index (χ2v) is 6.47. The fourth-order valence-corrected chi connectivity index (χ4v) is 4.19. The number of rotatable bonds is 0. The van der Waals surface area contributed by atoms with E-state index < -0.39 is 6.10 Å². The van der Waals surface area contributed by atoms with Gasteiger partial charge in [0, 0.05) is 37.1 Å². The van der Waals surface area contributed by atoms with Crippen molar-refractivity contribution in [3.05, 3.63) is 29.6 Å². The van der Waals surface area contributed by atoms with Crippen LogP contribution in [0.2, 0.25) is 0 Å². The first-order valence-corrected chi connectivity index (χ1v) is 7.56. The highest BCUT2D eigenvalue weighted by Crippen LogP contribution is 2.46. The molecule has 0 aliphatic carbocycles. The van der Waals surface area contributed by atoms with E-state index in [0.29, 0.717) is 18.2 Å². The number of hydrogen-bond donors (Lipinski definition) is 1. The molecule has 1 spiro atoms. The van der Waals surface area contributed by atoms with Crippen molar-refractivity contribution in [2.24, 2.45) is 0 Å². The van der Waals surface area contributed by atoms with Crippen molar-refractivity contribution in [2.45, 2.75) is 49.9 Å². The Bertz CT molecular complexity index is 535. The lowest BCUT2D eigenvalue weighted by Crippen LogP contribution is -2.52. The molecule has 3 nitrogen and oxygen atoms in total. The number of benzene rings is 1. The van der Waals surface area contributed by atoms with E-state index in [0.717, 1.165) is 24.9 Å². The van der Waals surface area contributed by atoms with E-state index in [1.165, 1.54) is 31.5 Å². The van der Waals surface area contributed by atoms with Crippen LogP contribution in [0.5, 0.6) is 5.75 Å². The van der Waals surface area contributed by atoms with E-state index in [9.17, 15) is 9.50 Å². The molecule has 0 bridgehead atoms. The predicted molar refractivity (Wildman–Crippen MR) is 73.2 cm³/mol. The quantitative estimate of drug-likeness (QED) is 0.791. The van der Waals surface area contributed by atoms with Crippen molar-refractivity contribution in [3.63, 3.8) is 0 Å². The summed E-state index contributed by atoms with van der Waals surface area (Å²) in [5.41, 5.74) is 0.428. The van der Waals surface area contributed by atoms with Gasteiger partial charge in [-0.25, -0.2) is 4.39 Å². The van der Waals surface area contributed by atoms with Gasteiger partial charge in [0.25, 0.3) is 0 Å². The third-order valence-corrected chi connectivity index (χ3v) is 5.19. The first kappa shape index (κ1) is 12.6. The van der Waals surface area contributed by atoms with Gasteiger partial charge in [0.1, 0.15) is 17.2 Å². The van der Waals surface area contributed by atoms with Gasteiger partial charge < -0.3 is 14.7 Å². The molecule has 20 heavy (non-hydrogen) atoms. The minimum atomic E-state index is -0.535. The van der Waals surface area contributed by atoms with E-state index >= 15 is 0 Å². The van der Waals surface area contributed by atoms with Crippen LogP contribution in [0.25, 0.3) is 0 Å². The number of aliphatic hydroxyl groups is 1. The van der Waals surface area contributed by atoms with Gasteiger partial charge in [-0.3, -0.25) is 0 Å². The molecular weight excluding hydrogens is 257 g/mol. The predicted octanol–water partition coefficient (Wildman–Crippen LogP) is 2.64. The summed E-state index contributed by atoms with van der Waals surface area (Å²) in [7, 11) is 0. The number of nitrogens with zero attached hydrogens (tertiary/aromatic N) is 1. The summed E-state index contributed by atoms with van der Waals surface area (Å²) in [6.07, 6.45) is 4.46. The zero-order valence-electron chi connectivity index (χ0n) is 11.5. The molecule has 0 saturated carbocycles. The molecule has 4 rings (SSSR count). The summed E-state index contributed by atoms with van der Waals surface area (Å²) in [6.45, 7) is 2.22. The molecule has 3 aliphatic heterocycles. The first-order chi connectivity index (χ1) is 9.65. The molecule has 3 atom stereocenters. The molecule has 108 valence electrons. The SMILES string of the molecule is O[C@@H]1CC2(CCN3CCCC3C2)Oc2cc(F)ccc21. The van der Waals surface area contributed by atoms with Gasteiger partial charge in [-0.2, -0.15) is 0 Å². The molecule has 1 aromatic carbocycles. The highest BCUT2D eigenvalue weighted by molar-refractivity contribution is 5.38. The Morgan fingerprint density at radius 2 is 2.20 bits per heavy atom. The average Bonchev–Trinajstić information content (AvgIpc) is 2.85. The van der Waals surface area contributed by atoms with Gasteiger partial charge in [0.2, 0.25) is 0 Å². The van der Waals surface area contributed by atoms with Crippen molar-refractivity contribution in [1.29, 1.82) is 0 Å². The van der Waals surface area contributed by atoms with Crippen LogP contribution in [0.1, 0.15) is 43.8 Å². The molecule has 1 aromatic rings. The Balaban J connectivity index is 1.64. The normalized spacial score (nSPS) is 36.5. The van der Waals surface area contributed by atoms with Crippen LogP contribution in [-0.2, 0) is 0 Å². The number of halogens is 1.